The monoisotopic (exact) mass is 216 g/mol. The van der Waals surface area contributed by atoms with Crippen LogP contribution in [0.5, 0.6) is 0 Å². The van der Waals surface area contributed by atoms with E-state index < -0.39 is 5.97 Å². The molecule has 0 aliphatic rings. The molecule has 4 heteroatoms. The zero-order valence-corrected chi connectivity index (χ0v) is 8.44. The van der Waals surface area contributed by atoms with E-state index in [1.807, 2.05) is 12.2 Å². The smallest absolute Gasteiger partial charge is 0.345 e. The average Bonchev–Trinajstić information content (AvgIpc) is 2.53. The van der Waals surface area contributed by atoms with Gasteiger partial charge in [-0.2, -0.15) is 0 Å². The quantitative estimate of drug-likeness (QED) is 0.786. The number of halogens is 1. The van der Waals surface area contributed by atoms with E-state index in [9.17, 15) is 4.79 Å². The molecule has 0 fully saturated rings. The highest BCUT2D eigenvalue weighted by Crippen LogP contribution is 2.17. The number of carboxylic acid groups (broad SMARTS) is 1. The minimum Gasteiger partial charge on any atom is -0.477 e. The largest absolute Gasteiger partial charge is 0.477 e. The Kier molecular flexibility index (Phi) is 3.99. The second-order valence-corrected chi connectivity index (χ2v) is 3.88. The number of aromatic carboxylic acids is 1. The lowest BCUT2D eigenvalue weighted by molar-refractivity contribution is 0.0702. The van der Waals surface area contributed by atoms with Crippen LogP contribution < -0.4 is 0 Å². The predicted molar refractivity (Wildman–Crippen MR) is 55.6 cm³/mol. The van der Waals surface area contributed by atoms with Crippen molar-refractivity contribution in [1.82, 2.24) is 0 Å². The number of allylic oxidation sites excluding steroid dienone is 1. The van der Waals surface area contributed by atoms with Gasteiger partial charge in [0.05, 0.1) is 0 Å². The van der Waals surface area contributed by atoms with E-state index >= 15 is 0 Å². The van der Waals surface area contributed by atoms with Gasteiger partial charge in [-0.15, -0.1) is 22.9 Å². The Hall–Kier alpha value is -0.800. The highest BCUT2D eigenvalue weighted by atomic mass is 35.5. The van der Waals surface area contributed by atoms with E-state index in [-0.39, 0.29) is 0 Å². The molecule has 0 saturated carbocycles. The lowest BCUT2D eigenvalue weighted by Crippen LogP contribution is -1.89. The first-order chi connectivity index (χ1) is 6.24. The van der Waals surface area contributed by atoms with Gasteiger partial charge in [-0.25, -0.2) is 4.79 Å². The molecule has 1 aromatic rings. The van der Waals surface area contributed by atoms with Crippen LogP contribution in [0.25, 0.3) is 6.08 Å². The predicted octanol–water partition coefficient (Wildman–Crippen LogP) is 3.09. The molecule has 2 nitrogen and oxygen atoms in total. The van der Waals surface area contributed by atoms with Gasteiger partial charge < -0.3 is 5.11 Å². The van der Waals surface area contributed by atoms with Crippen LogP contribution in [0, 0.1) is 0 Å². The van der Waals surface area contributed by atoms with Crippen molar-refractivity contribution >= 4 is 35.0 Å². The standard InChI is InChI=1S/C9H9ClO2S/c10-6-2-1-3-7-4-5-8(13-7)9(11)12/h1,3-5H,2,6H2,(H,11,12). The van der Waals surface area contributed by atoms with Crippen molar-refractivity contribution in [3.63, 3.8) is 0 Å². The van der Waals surface area contributed by atoms with Crippen molar-refractivity contribution in [2.24, 2.45) is 0 Å². The zero-order valence-electron chi connectivity index (χ0n) is 6.87. The summed E-state index contributed by atoms with van der Waals surface area (Å²) in [5.41, 5.74) is 0. The third-order valence-corrected chi connectivity index (χ3v) is 2.65. The molecule has 0 unspecified atom stereocenters. The molecule has 0 saturated heterocycles. The van der Waals surface area contributed by atoms with Crippen LogP contribution in [0.2, 0.25) is 0 Å². The Labute approximate surface area is 85.5 Å². The molecule has 0 amide bonds. The number of thiophene rings is 1. The highest BCUT2D eigenvalue weighted by Gasteiger charge is 2.04. The average molecular weight is 217 g/mol. The van der Waals surface area contributed by atoms with Gasteiger partial charge in [0.1, 0.15) is 4.88 Å². The van der Waals surface area contributed by atoms with Gasteiger partial charge in [0, 0.05) is 10.8 Å². The molecule has 13 heavy (non-hydrogen) atoms. The van der Waals surface area contributed by atoms with Crippen LogP contribution in [0.1, 0.15) is 21.0 Å². The second-order valence-electron chi connectivity index (χ2n) is 2.39. The Morgan fingerprint density at radius 3 is 2.92 bits per heavy atom. The fourth-order valence-corrected chi connectivity index (χ4v) is 1.72. The first-order valence-corrected chi connectivity index (χ1v) is 5.15. The van der Waals surface area contributed by atoms with Crippen LogP contribution in [0.3, 0.4) is 0 Å². The van der Waals surface area contributed by atoms with E-state index in [0.29, 0.717) is 10.8 Å². The Morgan fingerprint density at radius 2 is 2.38 bits per heavy atom. The molecule has 1 aromatic heterocycles. The summed E-state index contributed by atoms with van der Waals surface area (Å²) < 4.78 is 0. The SMILES string of the molecule is O=C(O)c1ccc(C=CCCCl)s1. The molecule has 0 atom stereocenters. The van der Waals surface area contributed by atoms with Crippen molar-refractivity contribution < 1.29 is 9.90 Å². The molecule has 0 aromatic carbocycles. The molecule has 0 radical (unpaired) electrons. The van der Waals surface area contributed by atoms with Crippen molar-refractivity contribution in [2.45, 2.75) is 6.42 Å². The molecule has 1 heterocycles. The van der Waals surface area contributed by atoms with Crippen molar-refractivity contribution in [3.05, 3.63) is 28.0 Å². The summed E-state index contributed by atoms with van der Waals surface area (Å²) >= 11 is 6.74. The fraction of sp³-hybridized carbons (Fsp3) is 0.222. The number of hydrogen-bond acceptors (Lipinski definition) is 2. The van der Waals surface area contributed by atoms with Crippen LogP contribution in [0.4, 0.5) is 0 Å². The molecular weight excluding hydrogens is 208 g/mol. The number of carboxylic acids is 1. The summed E-state index contributed by atoms with van der Waals surface area (Å²) in [6, 6.07) is 3.40. The van der Waals surface area contributed by atoms with Gasteiger partial charge in [0.2, 0.25) is 0 Å². The number of hydrogen-bond donors (Lipinski definition) is 1. The van der Waals surface area contributed by atoms with Gasteiger partial charge in [0.25, 0.3) is 0 Å². The van der Waals surface area contributed by atoms with Crippen LogP contribution in [0.15, 0.2) is 18.2 Å². The first kappa shape index (κ1) is 10.3. The van der Waals surface area contributed by atoms with Crippen LogP contribution >= 0.6 is 22.9 Å². The summed E-state index contributed by atoms with van der Waals surface area (Å²) in [5.74, 6) is -0.282. The first-order valence-electron chi connectivity index (χ1n) is 3.79. The summed E-state index contributed by atoms with van der Waals surface area (Å²) in [5, 5.41) is 8.63. The van der Waals surface area contributed by atoms with Gasteiger partial charge in [-0.1, -0.05) is 6.08 Å². The minimum absolute atomic E-state index is 0.366. The molecule has 1 rings (SSSR count). The van der Waals surface area contributed by atoms with Gasteiger partial charge in [-0.3, -0.25) is 0 Å². The van der Waals surface area contributed by atoms with E-state index in [2.05, 4.69) is 0 Å². The maximum Gasteiger partial charge on any atom is 0.345 e. The lowest BCUT2D eigenvalue weighted by atomic mass is 10.3. The summed E-state index contributed by atoms with van der Waals surface area (Å²) in [4.78, 5) is 11.8. The number of alkyl halides is 1. The summed E-state index contributed by atoms with van der Waals surface area (Å²) in [6.07, 6.45) is 4.63. The Morgan fingerprint density at radius 1 is 1.62 bits per heavy atom. The lowest BCUT2D eigenvalue weighted by Gasteiger charge is -1.84. The normalized spacial score (nSPS) is 10.8. The molecule has 0 aliphatic carbocycles. The van der Waals surface area contributed by atoms with Crippen molar-refractivity contribution in [3.8, 4) is 0 Å². The van der Waals surface area contributed by atoms with Gasteiger partial charge >= 0.3 is 5.97 Å². The molecule has 0 aliphatic heterocycles. The third-order valence-electron chi connectivity index (χ3n) is 1.40. The van der Waals surface area contributed by atoms with Crippen molar-refractivity contribution in [2.75, 3.05) is 5.88 Å². The third kappa shape index (κ3) is 3.20. The van der Waals surface area contributed by atoms with E-state index in [0.717, 1.165) is 11.3 Å². The van der Waals surface area contributed by atoms with Crippen LogP contribution in [-0.4, -0.2) is 17.0 Å². The van der Waals surface area contributed by atoms with Crippen molar-refractivity contribution in [1.29, 1.82) is 0 Å². The topological polar surface area (TPSA) is 37.3 Å². The Balaban J connectivity index is 2.64. The zero-order chi connectivity index (χ0) is 9.68. The van der Waals surface area contributed by atoms with E-state index in [1.54, 1.807) is 12.1 Å². The molecule has 0 bridgehead atoms. The molecule has 0 spiro atoms. The van der Waals surface area contributed by atoms with Gasteiger partial charge in [0.15, 0.2) is 0 Å². The number of rotatable bonds is 4. The van der Waals surface area contributed by atoms with E-state index in [1.165, 1.54) is 11.3 Å². The fourth-order valence-electron chi connectivity index (χ4n) is 0.820. The molecule has 70 valence electrons. The minimum atomic E-state index is -0.873. The van der Waals surface area contributed by atoms with Crippen LogP contribution in [-0.2, 0) is 0 Å². The summed E-state index contributed by atoms with van der Waals surface area (Å²) in [7, 11) is 0. The second kappa shape index (κ2) is 5.04. The molecular formula is C9H9ClO2S. The maximum atomic E-state index is 10.5. The van der Waals surface area contributed by atoms with Gasteiger partial charge in [-0.05, 0) is 24.6 Å². The highest BCUT2D eigenvalue weighted by molar-refractivity contribution is 7.14. The Bertz CT molecular complexity index is 317. The summed E-state index contributed by atoms with van der Waals surface area (Å²) in [6.45, 7) is 0. The molecule has 1 N–H and O–H groups in total. The van der Waals surface area contributed by atoms with E-state index in [4.69, 9.17) is 16.7 Å². The maximum absolute atomic E-state index is 10.5. The number of carbonyl (C=O) groups is 1.